The van der Waals surface area contributed by atoms with Crippen LogP contribution in [0.15, 0.2) is 59.9 Å². The molecule has 1 aromatic carbocycles. The van der Waals surface area contributed by atoms with Crippen molar-refractivity contribution in [2.75, 3.05) is 11.8 Å². The van der Waals surface area contributed by atoms with E-state index >= 15 is 0 Å². The molecule has 7 nitrogen and oxygen atoms in total. The van der Waals surface area contributed by atoms with Crippen molar-refractivity contribution in [2.24, 2.45) is 0 Å². The van der Waals surface area contributed by atoms with Gasteiger partial charge in [0.1, 0.15) is 33.6 Å². The monoisotopic (exact) mass is 468 g/mol. The van der Waals surface area contributed by atoms with Crippen molar-refractivity contribution in [2.45, 2.75) is 18.2 Å². The second-order valence-electron chi connectivity index (χ2n) is 6.91. The highest BCUT2D eigenvalue weighted by molar-refractivity contribution is 7.92. The lowest BCUT2D eigenvalue weighted by Crippen LogP contribution is -2.15. The van der Waals surface area contributed by atoms with Gasteiger partial charge in [-0.15, -0.1) is 0 Å². The fourth-order valence-electron chi connectivity index (χ4n) is 3.16. The van der Waals surface area contributed by atoms with E-state index in [1.54, 1.807) is 18.3 Å². The number of hydrogen-bond donors (Lipinski definition) is 1. The van der Waals surface area contributed by atoms with E-state index in [4.69, 9.17) is 4.74 Å². The number of aromatic nitrogens is 3. The minimum Gasteiger partial charge on any atom is -0.480 e. The standard InChI is InChI=1S/C23H18F2N4O3S/c1-3-4-5-18-13-26-22-9-6-15(14-29(18)22)16-10-20(23(32-2)27-12-16)28-33(30,31)21-8-7-17(24)11-19(21)25/h6-14,28H,3H2,1-2H3. The quantitative estimate of drug-likeness (QED) is 0.443. The molecule has 0 spiro atoms. The van der Waals surface area contributed by atoms with Gasteiger partial charge < -0.3 is 4.74 Å². The number of imidazole rings is 1. The van der Waals surface area contributed by atoms with Crippen molar-refractivity contribution < 1.29 is 21.9 Å². The van der Waals surface area contributed by atoms with Crippen LogP contribution in [0.1, 0.15) is 19.0 Å². The molecule has 3 heterocycles. The summed E-state index contributed by atoms with van der Waals surface area (Å²) in [6.45, 7) is 1.95. The van der Waals surface area contributed by atoms with Gasteiger partial charge in [0, 0.05) is 36.0 Å². The summed E-state index contributed by atoms with van der Waals surface area (Å²) in [6.07, 6.45) is 5.70. The van der Waals surface area contributed by atoms with E-state index in [0.29, 0.717) is 35.0 Å². The molecule has 168 valence electrons. The van der Waals surface area contributed by atoms with Gasteiger partial charge in [-0.2, -0.15) is 0 Å². The van der Waals surface area contributed by atoms with E-state index in [9.17, 15) is 17.2 Å². The summed E-state index contributed by atoms with van der Waals surface area (Å²) in [7, 11) is -3.05. The Kier molecular flexibility index (Phi) is 5.98. The number of halogens is 2. The van der Waals surface area contributed by atoms with Crippen LogP contribution in [0.25, 0.3) is 16.8 Å². The fraction of sp³-hybridized carbons (Fsp3) is 0.130. The Morgan fingerprint density at radius 2 is 1.91 bits per heavy atom. The minimum atomic E-state index is -4.38. The van der Waals surface area contributed by atoms with E-state index < -0.39 is 26.6 Å². The molecule has 33 heavy (non-hydrogen) atoms. The predicted octanol–water partition coefficient (Wildman–Crippen LogP) is 4.25. The number of sulfonamides is 1. The van der Waals surface area contributed by atoms with Crippen LogP contribution >= 0.6 is 0 Å². The summed E-state index contributed by atoms with van der Waals surface area (Å²) >= 11 is 0. The Labute approximate surface area is 189 Å². The van der Waals surface area contributed by atoms with E-state index in [0.717, 1.165) is 12.1 Å². The third-order valence-electron chi connectivity index (χ3n) is 4.70. The largest absolute Gasteiger partial charge is 0.480 e. The van der Waals surface area contributed by atoms with Crippen molar-refractivity contribution in [3.05, 3.63) is 72.3 Å². The zero-order chi connectivity index (χ0) is 23.6. The molecule has 0 atom stereocenters. The van der Waals surface area contributed by atoms with Crippen LogP contribution in [-0.4, -0.2) is 29.9 Å². The summed E-state index contributed by atoms with van der Waals surface area (Å²) in [4.78, 5) is 7.79. The average Bonchev–Trinajstić information content (AvgIpc) is 3.19. The van der Waals surface area contributed by atoms with Gasteiger partial charge in [0.2, 0.25) is 5.88 Å². The Balaban J connectivity index is 1.76. The van der Waals surface area contributed by atoms with E-state index in [1.807, 2.05) is 17.5 Å². The second-order valence-corrected chi connectivity index (χ2v) is 8.56. The number of hydrogen-bond acceptors (Lipinski definition) is 5. The fourth-order valence-corrected chi connectivity index (χ4v) is 4.27. The Morgan fingerprint density at radius 3 is 2.64 bits per heavy atom. The highest BCUT2D eigenvalue weighted by Gasteiger charge is 2.22. The number of methoxy groups -OCH3 is 1. The first-order valence-corrected chi connectivity index (χ1v) is 11.3. The first kappa shape index (κ1) is 22.2. The Hall–Kier alpha value is -3.97. The van der Waals surface area contributed by atoms with Gasteiger partial charge in [-0.05, 0) is 36.3 Å². The molecule has 0 aliphatic rings. The minimum absolute atomic E-state index is 0.00421. The van der Waals surface area contributed by atoms with Gasteiger partial charge in [0.05, 0.1) is 13.3 Å². The average molecular weight is 468 g/mol. The van der Waals surface area contributed by atoms with Crippen LogP contribution in [0.3, 0.4) is 0 Å². The Bertz CT molecular complexity index is 1520. The molecule has 0 saturated carbocycles. The lowest BCUT2D eigenvalue weighted by atomic mass is 10.1. The molecule has 4 aromatic rings. The molecule has 0 aliphatic heterocycles. The van der Waals surface area contributed by atoms with E-state index in [-0.39, 0.29) is 11.6 Å². The van der Waals surface area contributed by atoms with Crippen LogP contribution < -0.4 is 9.46 Å². The number of nitrogens with zero attached hydrogens (tertiary/aromatic N) is 3. The smallest absolute Gasteiger partial charge is 0.264 e. The SMILES string of the molecule is CCC#Cc1cnc2ccc(-c3cnc(OC)c(NS(=O)(=O)c4ccc(F)cc4F)c3)cn12. The molecule has 0 fully saturated rings. The normalized spacial score (nSPS) is 11.2. The number of anilines is 1. The number of ether oxygens (including phenoxy) is 1. The predicted molar refractivity (Wildman–Crippen MR) is 119 cm³/mol. The molecule has 4 rings (SSSR count). The highest BCUT2D eigenvalue weighted by atomic mass is 32.2. The summed E-state index contributed by atoms with van der Waals surface area (Å²) in [6, 6.07) is 7.33. The van der Waals surface area contributed by atoms with E-state index in [1.165, 1.54) is 19.4 Å². The van der Waals surface area contributed by atoms with Gasteiger partial charge in [-0.25, -0.2) is 27.2 Å². The zero-order valence-electron chi connectivity index (χ0n) is 17.6. The van der Waals surface area contributed by atoms with Crippen LogP contribution in [0.2, 0.25) is 0 Å². The highest BCUT2D eigenvalue weighted by Crippen LogP contribution is 2.31. The van der Waals surface area contributed by atoms with E-state index in [2.05, 4.69) is 26.5 Å². The van der Waals surface area contributed by atoms with Crippen LogP contribution in [0.5, 0.6) is 5.88 Å². The molecule has 0 unspecified atom stereocenters. The van der Waals surface area contributed by atoms with Gasteiger partial charge in [0.15, 0.2) is 0 Å². The number of nitrogens with one attached hydrogen (secondary N) is 1. The topological polar surface area (TPSA) is 85.6 Å². The summed E-state index contributed by atoms with van der Waals surface area (Å²) in [5.41, 5.74) is 2.69. The van der Waals surface area contributed by atoms with Crippen molar-refractivity contribution in [3.63, 3.8) is 0 Å². The first-order valence-electron chi connectivity index (χ1n) is 9.80. The van der Waals surface area contributed by atoms with Gasteiger partial charge in [0.25, 0.3) is 10.0 Å². The first-order chi connectivity index (χ1) is 15.8. The molecule has 10 heteroatoms. The second kappa shape index (κ2) is 8.88. The van der Waals surface area contributed by atoms with Gasteiger partial charge in [-0.3, -0.25) is 9.12 Å². The van der Waals surface area contributed by atoms with Gasteiger partial charge >= 0.3 is 0 Å². The molecular weight excluding hydrogens is 450 g/mol. The third-order valence-corrected chi connectivity index (χ3v) is 6.10. The maximum Gasteiger partial charge on any atom is 0.264 e. The van der Waals surface area contributed by atoms with Crippen LogP contribution in [-0.2, 0) is 10.0 Å². The van der Waals surface area contributed by atoms with Gasteiger partial charge in [-0.1, -0.05) is 12.8 Å². The number of fused-ring (bicyclic) bond motifs is 1. The molecule has 0 radical (unpaired) electrons. The van der Waals surface area contributed by atoms with Crippen molar-refractivity contribution in [1.29, 1.82) is 0 Å². The van der Waals surface area contributed by atoms with Crippen LogP contribution in [0, 0.1) is 23.5 Å². The number of rotatable bonds is 5. The van der Waals surface area contributed by atoms with Crippen molar-refractivity contribution in [1.82, 2.24) is 14.4 Å². The lowest BCUT2D eigenvalue weighted by Gasteiger charge is -2.13. The van der Waals surface area contributed by atoms with Crippen molar-refractivity contribution >= 4 is 21.4 Å². The molecule has 3 aromatic heterocycles. The maximum absolute atomic E-state index is 14.1. The lowest BCUT2D eigenvalue weighted by molar-refractivity contribution is 0.400. The molecule has 0 aliphatic carbocycles. The molecular formula is C23H18F2N4O3S. The molecule has 0 amide bonds. The number of pyridine rings is 2. The maximum atomic E-state index is 14.1. The summed E-state index contributed by atoms with van der Waals surface area (Å²) in [5, 5.41) is 0. The Morgan fingerprint density at radius 1 is 1.09 bits per heavy atom. The summed E-state index contributed by atoms with van der Waals surface area (Å²) < 4.78 is 62.1. The molecule has 0 saturated heterocycles. The van der Waals surface area contributed by atoms with Crippen molar-refractivity contribution in [3.8, 4) is 28.8 Å². The third kappa shape index (κ3) is 4.49. The van der Waals surface area contributed by atoms with Crippen LogP contribution in [0.4, 0.5) is 14.5 Å². The molecule has 1 N–H and O–H groups in total. The summed E-state index contributed by atoms with van der Waals surface area (Å²) in [5.74, 6) is 3.94. The zero-order valence-corrected chi connectivity index (χ0v) is 18.5. The number of benzene rings is 1. The molecule has 0 bridgehead atoms.